The number of anilines is 1. The Labute approximate surface area is 115 Å². The number of benzene rings is 1. The van der Waals surface area contributed by atoms with Gasteiger partial charge in [0.05, 0.1) is 5.56 Å². The molecule has 0 spiro atoms. The maximum Gasteiger partial charge on any atom is 0.230 e. The minimum absolute atomic E-state index is 0.199. The van der Waals surface area contributed by atoms with E-state index in [9.17, 15) is 4.39 Å². The Hall–Kier alpha value is -2.56. The predicted molar refractivity (Wildman–Crippen MR) is 73.5 cm³/mol. The fourth-order valence-corrected chi connectivity index (χ4v) is 2.25. The highest BCUT2D eigenvalue weighted by Gasteiger charge is 2.20. The molecular formula is C15H13FN2O2. The first-order valence-corrected chi connectivity index (χ1v) is 6.14. The topological polar surface area (TPSA) is 65.2 Å². The second-order valence-electron chi connectivity index (χ2n) is 4.60. The van der Waals surface area contributed by atoms with Crippen LogP contribution in [0.4, 0.5) is 10.3 Å². The van der Waals surface area contributed by atoms with Crippen molar-refractivity contribution in [2.45, 2.75) is 13.8 Å². The number of nitrogens with zero attached hydrogens (tertiary/aromatic N) is 1. The van der Waals surface area contributed by atoms with Gasteiger partial charge in [-0.1, -0.05) is 17.3 Å². The molecule has 5 heteroatoms. The summed E-state index contributed by atoms with van der Waals surface area (Å²) in [6.45, 7) is 3.71. The Morgan fingerprint density at radius 1 is 1.15 bits per heavy atom. The van der Waals surface area contributed by atoms with Crippen LogP contribution in [0, 0.1) is 19.7 Å². The van der Waals surface area contributed by atoms with Gasteiger partial charge in [0.2, 0.25) is 5.88 Å². The summed E-state index contributed by atoms with van der Waals surface area (Å²) in [7, 11) is 0. The summed E-state index contributed by atoms with van der Waals surface area (Å²) < 4.78 is 23.6. The molecule has 3 aromatic rings. The van der Waals surface area contributed by atoms with Gasteiger partial charge in [-0.15, -0.1) is 0 Å². The first-order valence-electron chi connectivity index (χ1n) is 6.14. The monoisotopic (exact) mass is 272 g/mol. The van der Waals surface area contributed by atoms with Crippen LogP contribution < -0.4 is 5.73 Å². The molecule has 3 rings (SSSR count). The molecule has 0 amide bonds. The van der Waals surface area contributed by atoms with E-state index < -0.39 is 0 Å². The molecule has 2 aromatic heterocycles. The van der Waals surface area contributed by atoms with Crippen LogP contribution >= 0.6 is 0 Å². The SMILES string of the molecule is Cc1cc(-c2noc(N)c2-c2ccc(F)cc2)c(C)o1. The summed E-state index contributed by atoms with van der Waals surface area (Å²) in [5.74, 6) is 1.41. The fraction of sp³-hybridized carbons (Fsp3) is 0.133. The number of nitrogens with two attached hydrogens (primary N) is 1. The third kappa shape index (κ3) is 1.97. The molecule has 0 aliphatic rings. The molecule has 0 saturated carbocycles. The van der Waals surface area contributed by atoms with E-state index in [1.807, 2.05) is 19.9 Å². The molecule has 0 saturated heterocycles. The molecule has 0 unspecified atom stereocenters. The second-order valence-corrected chi connectivity index (χ2v) is 4.60. The number of aryl methyl sites for hydroxylation is 2. The van der Waals surface area contributed by atoms with E-state index >= 15 is 0 Å². The molecule has 4 nitrogen and oxygen atoms in total. The molecule has 102 valence electrons. The zero-order chi connectivity index (χ0) is 14.3. The van der Waals surface area contributed by atoms with Gasteiger partial charge in [-0.2, -0.15) is 0 Å². The molecular weight excluding hydrogens is 259 g/mol. The highest BCUT2D eigenvalue weighted by Crippen LogP contribution is 2.38. The molecule has 20 heavy (non-hydrogen) atoms. The lowest BCUT2D eigenvalue weighted by molar-refractivity contribution is 0.439. The van der Waals surface area contributed by atoms with Crippen LogP contribution in [0.5, 0.6) is 0 Å². The normalized spacial score (nSPS) is 10.9. The number of nitrogen functional groups attached to an aromatic ring is 1. The van der Waals surface area contributed by atoms with Crippen LogP contribution in [0.15, 0.2) is 39.3 Å². The van der Waals surface area contributed by atoms with E-state index in [-0.39, 0.29) is 11.7 Å². The maximum atomic E-state index is 13.0. The standard InChI is InChI=1S/C15H13FN2O2/c1-8-7-12(9(2)19-8)14-13(15(17)20-18-14)10-3-5-11(16)6-4-10/h3-7H,17H2,1-2H3. The second kappa shape index (κ2) is 4.52. The molecule has 2 heterocycles. The first-order chi connectivity index (χ1) is 9.56. The number of hydrogen-bond donors (Lipinski definition) is 1. The van der Waals surface area contributed by atoms with Gasteiger partial charge in [-0.3, -0.25) is 0 Å². The van der Waals surface area contributed by atoms with E-state index in [1.54, 1.807) is 12.1 Å². The van der Waals surface area contributed by atoms with E-state index in [4.69, 9.17) is 14.7 Å². The van der Waals surface area contributed by atoms with E-state index in [2.05, 4.69) is 5.16 Å². The third-order valence-electron chi connectivity index (χ3n) is 3.15. The molecule has 0 fully saturated rings. The zero-order valence-corrected chi connectivity index (χ0v) is 11.1. The van der Waals surface area contributed by atoms with Crippen molar-refractivity contribution in [3.63, 3.8) is 0 Å². The van der Waals surface area contributed by atoms with Gasteiger partial charge >= 0.3 is 0 Å². The van der Waals surface area contributed by atoms with Crippen molar-refractivity contribution in [1.82, 2.24) is 5.16 Å². The minimum atomic E-state index is -0.305. The molecule has 0 aliphatic heterocycles. The molecule has 0 bridgehead atoms. The van der Waals surface area contributed by atoms with Crippen LogP contribution in [-0.4, -0.2) is 5.16 Å². The Balaban J connectivity index is 2.19. The van der Waals surface area contributed by atoms with E-state index in [0.29, 0.717) is 11.3 Å². The summed E-state index contributed by atoms with van der Waals surface area (Å²) in [6.07, 6.45) is 0. The average Bonchev–Trinajstić information content (AvgIpc) is 2.93. The van der Waals surface area contributed by atoms with Crippen molar-refractivity contribution in [3.05, 3.63) is 47.7 Å². The summed E-state index contributed by atoms with van der Waals surface area (Å²) in [6, 6.07) is 7.91. The smallest absolute Gasteiger partial charge is 0.230 e. The Morgan fingerprint density at radius 2 is 1.85 bits per heavy atom. The van der Waals surface area contributed by atoms with E-state index in [1.165, 1.54) is 12.1 Å². The number of furan rings is 1. The Kier molecular flexibility index (Phi) is 2.82. The van der Waals surface area contributed by atoms with E-state index in [0.717, 1.165) is 22.6 Å². The molecule has 2 N–H and O–H groups in total. The van der Waals surface area contributed by atoms with Gasteiger partial charge in [0.15, 0.2) is 0 Å². The minimum Gasteiger partial charge on any atom is -0.466 e. The molecule has 0 aliphatic carbocycles. The molecule has 0 radical (unpaired) electrons. The average molecular weight is 272 g/mol. The van der Waals surface area contributed by atoms with Crippen molar-refractivity contribution in [3.8, 4) is 22.4 Å². The van der Waals surface area contributed by atoms with Crippen molar-refractivity contribution >= 4 is 5.88 Å². The van der Waals surface area contributed by atoms with Gasteiger partial charge in [0.1, 0.15) is 23.0 Å². The van der Waals surface area contributed by atoms with Gasteiger partial charge in [-0.05, 0) is 37.6 Å². The summed E-state index contributed by atoms with van der Waals surface area (Å²) in [5.41, 5.74) is 8.67. The maximum absolute atomic E-state index is 13.0. The lowest BCUT2D eigenvalue weighted by Crippen LogP contribution is -1.88. The van der Waals surface area contributed by atoms with Gasteiger partial charge in [0.25, 0.3) is 0 Å². The zero-order valence-electron chi connectivity index (χ0n) is 11.1. The van der Waals surface area contributed by atoms with Gasteiger partial charge in [0, 0.05) is 5.56 Å². The lowest BCUT2D eigenvalue weighted by Gasteiger charge is -2.01. The van der Waals surface area contributed by atoms with Crippen LogP contribution in [0.3, 0.4) is 0 Å². The number of rotatable bonds is 2. The Bertz CT molecular complexity index is 757. The van der Waals surface area contributed by atoms with Crippen LogP contribution in [0.25, 0.3) is 22.4 Å². The predicted octanol–water partition coefficient (Wildman–Crippen LogP) is 3.94. The summed E-state index contributed by atoms with van der Waals surface area (Å²) >= 11 is 0. The first kappa shape index (κ1) is 12.5. The van der Waals surface area contributed by atoms with Gasteiger partial charge in [-0.25, -0.2) is 4.39 Å². The number of hydrogen-bond acceptors (Lipinski definition) is 4. The lowest BCUT2D eigenvalue weighted by atomic mass is 10.0. The van der Waals surface area contributed by atoms with Crippen molar-refractivity contribution < 1.29 is 13.3 Å². The van der Waals surface area contributed by atoms with Crippen molar-refractivity contribution in [2.24, 2.45) is 0 Å². The summed E-state index contributed by atoms with van der Waals surface area (Å²) in [4.78, 5) is 0. The highest BCUT2D eigenvalue weighted by molar-refractivity contribution is 5.87. The highest BCUT2D eigenvalue weighted by atomic mass is 19.1. The number of halogens is 1. The summed E-state index contributed by atoms with van der Waals surface area (Å²) in [5, 5.41) is 4.01. The van der Waals surface area contributed by atoms with Gasteiger partial charge < -0.3 is 14.7 Å². The molecule has 0 atom stereocenters. The van der Waals surface area contributed by atoms with Crippen molar-refractivity contribution in [1.29, 1.82) is 0 Å². The fourth-order valence-electron chi connectivity index (χ4n) is 2.25. The quantitative estimate of drug-likeness (QED) is 0.767. The largest absolute Gasteiger partial charge is 0.466 e. The van der Waals surface area contributed by atoms with Crippen molar-refractivity contribution in [2.75, 3.05) is 5.73 Å². The Morgan fingerprint density at radius 3 is 2.45 bits per heavy atom. The number of aromatic nitrogens is 1. The molecule has 1 aromatic carbocycles. The van der Waals surface area contributed by atoms with Crippen LogP contribution in [0.2, 0.25) is 0 Å². The third-order valence-corrected chi connectivity index (χ3v) is 3.15. The van der Waals surface area contributed by atoms with Crippen LogP contribution in [0.1, 0.15) is 11.5 Å². The van der Waals surface area contributed by atoms with Crippen LogP contribution in [-0.2, 0) is 0 Å².